The summed E-state index contributed by atoms with van der Waals surface area (Å²) in [7, 11) is 0. The van der Waals surface area contributed by atoms with Gasteiger partial charge in [-0.15, -0.1) is 0 Å². The fourth-order valence-electron chi connectivity index (χ4n) is 0.593. The van der Waals surface area contributed by atoms with E-state index in [2.05, 4.69) is 6.58 Å². The summed E-state index contributed by atoms with van der Waals surface area (Å²) >= 11 is 27.9. The Balaban J connectivity index is 0.000000437. The van der Waals surface area contributed by atoms with Crippen molar-refractivity contribution in [2.24, 2.45) is 0 Å². The molecule has 0 spiro atoms. The number of rotatable bonds is 1. The number of phenolic OH excluding ortho intramolecular Hbond substituents is 1. The molecule has 1 rings (SSSR count). The zero-order valence-corrected chi connectivity index (χ0v) is 11.8. The first-order chi connectivity index (χ1) is 7.73. The van der Waals surface area contributed by atoms with Crippen molar-refractivity contribution < 1.29 is 15.0 Å². The predicted molar refractivity (Wildman–Crippen MR) is 71.0 cm³/mol. The SMILES string of the molecule is C=CC(=O)O.Oc1c(Cl)c(Cl)c(Cl)c(Cl)c1Cl. The first-order valence-corrected chi connectivity index (χ1v) is 5.68. The number of aromatic hydroxyl groups is 1. The molecular weight excluding hydrogens is 333 g/mol. The van der Waals surface area contributed by atoms with Gasteiger partial charge in [0.25, 0.3) is 0 Å². The standard InChI is InChI=1S/C6HCl5O.C3H4O2/c7-1-2(8)4(10)6(12)5(11)3(1)9;1-2-3(4)5/h12H;2H,1H2,(H,4,5). The molecule has 2 N–H and O–H groups in total. The highest BCUT2D eigenvalue weighted by molar-refractivity contribution is 6.55. The van der Waals surface area contributed by atoms with Gasteiger partial charge in [0.1, 0.15) is 10.0 Å². The number of carboxylic acids is 1. The number of halogens is 5. The molecule has 0 saturated carbocycles. The molecule has 0 radical (unpaired) electrons. The molecule has 0 heterocycles. The van der Waals surface area contributed by atoms with Crippen LogP contribution in [0.1, 0.15) is 0 Å². The highest BCUT2D eigenvalue weighted by Gasteiger charge is 2.18. The van der Waals surface area contributed by atoms with Crippen molar-refractivity contribution in [1.29, 1.82) is 0 Å². The highest BCUT2D eigenvalue weighted by Crippen LogP contribution is 2.47. The minimum absolute atomic E-state index is 0.00904. The number of hydrogen-bond donors (Lipinski definition) is 2. The molecule has 0 aliphatic rings. The third kappa shape index (κ3) is 4.45. The van der Waals surface area contributed by atoms with Crippen LogP contribution in [0.4, 0.5) is 0 Å². The average molecular weight is 338 g/mol. The third-order valence-electron chi connectivity index (χ3n) is 1.36. The number of phenols is 1. The molecule has 1 aromatic carbocycles. The van der Waals surface area contributed by atoms with Crippen LogP contribution in [0.3, 0.4) is 0 Å². The van der Waals surface area contributed by atoms with Crippen LogP contribution in [0.2, 0.25) is 25.1 Å². The van der Waals surface area contributed by atoms with Crippen molar-refractivity contribution in [2.45, 2.75) is 0 Å². The van der Waals surface area contributed by atoms with E-state index in [0.717, 1.165) is 6.08 Å². The quantitative estimate of drug-likeness (QED) is 0.434. The zero-order chi connectivity index (χ0) is 13.7. The van der Waals surface area contributed by atoms with E-state index in [1.165, 1.54) is 0 Å². The van der Waals surface area contributed by atoms with Gasteiger partial charge in [0.15, 0.2) is 5.75 Å². The summed E-state index contributed by atoms with van der Waals surface area (Å²) in [6, 6.07) is 0. The smallest absolute Gasteiger partial charge is 0.327 e. The highest BCUT2D eigenvalue weighted by atomic mass is 35.5. The van der Waals surface area contributed by atoms with Gasteiger partial charge >= 0.3 is 5.97 Å². The van der Waals surface area contributed by atoms with Crippen LogP contribution in [-0.2, 0) is 4.79 Å². The van der Waals surface area contributed by atoms with Crippen molar-refractivity contribution in [3.05, 3.63) is 37.8 Å². The van der Waals surface area contributed by atoms with Gasteiger partial charge in [-0.25, -0.2) is 4.79 Å². The Bertz CT molecular complexity index is 353. The number of hydrogen-bond acceptors (Lipinski definition) is 2. The Hall–Kier alpha value is -0.320. The molecule has 3 nitrogen and oxygen atoms in total. The maximum atomic E-state index is 9.25. The Morgan fingerprint density at radius 1 is 0.941 bits per heavy atom. The Labute approximate surface area is 122 Å². The lowest BCUT2D eigenvalue weighted by atomic mass is 10.3. The molecule has 0 bridgehead atoms. The fourth-order valence-corrected chi connectivity index (χ4v) is 1.72. The van der Waals surface area contributed by atoms with Gasteiger partial charge in [-0.3, -0.25) is 0 Å². The summed E-state index contributed by atoms with van der Waals surface area (Å²) in [5, 5.41) is 16.6. The monoisotopic (exact) mass is 336 g/mol. The predicted octanol–water partition coefficient (Wildman–Crippen LogP) is 4.92. The number of carboxylic acid groups (broad SMARTS) is 1. The molecule has 17 heavy (non-hydrogen) atoms. The maximum Gasteiger partial charge on any atom is 0.327 e. The summed E-state index contributed by atoms with van der Waals surface area (Å²) in [5.41, 5.74) is 0. The van der Waals surface area contributed by atoms with Crippen LogP contribution < -0.4 is 0 Å². The lowest BCUT2D eigenvalue weighted by Gasteiger charge is -2.06. The van der Waals surface area contributed by atoms with Gasteiger partial charge in [-0.05, 0) is 0 Å². The van der Waals surface area contributed by atoms with Crippen LogP contribution in [-0.4, -0.2) is 16.2 Å². The van der Waals surface area contributed by atoms with E-state index in [4.69, 9.17) is 63.1 Å². The maximum absolute atomic E-state index is 9.25. The molecule has 0 aliphatic carbocycles. The summed E-state index contributed by atoms with van der Waals surface area (Å²) in [4.78, 5) is 9.25. The first kappa shape index (κ1) is 16.7. The van der Waals surface area contributed by atoms with Crippen LogP contribution in [0, 0.1) is 0 Å². The van der Waals surface area contributed by atoms with Crippen LogP contribution in [0.15, 0.2) is 12.7 Å². The van der Waals surface area contributed by atoms with Gasteiger partial charge in [-0.2, -0.15) is 0 Å². The second kappa shape index (κ2) is 7.19. The molecule has 1 aromatic rings. The molecule has 8 heteroatoms. The second-order valence-electron chi connectivity index (χ2n) is 2.46. The summed E-state index contributed by atoms with van der Waals surface area (Å²) in [6.07, 6.45) is 0.833. The zero-order valence-electron chi connectivity index (χ0n) is 7.98. The van der Waals surface area contributed by atoms with Crippen LogP contribution in [0.5, 0.6) is 5.75 Å². The Kier molecular flexibility index (Phi) is 7.05. The molecule has 0 unspecified atom stereocenters. The van der Waals surface area contributed by atoms with E-state index in [-0.39, 0.29) is 30.9 Å². The summed E-state index contributed by atoms with van der Waals surface area (Å²) in [6.45, 7) is 2.96. The van der Waals surface area contributed by atoms with Crippen molar-refractivity contribution >= 4 is 64.0 Å². The molecule has 0 fully saturated rings. The number of carbonyl (C=O) groups is 1. The van der Waals surface area contributed by atoms with E-state index in [0.29, 0.717) is 0 Å². The van der Waals surface area contributed by atoms with E-state index in [1.54, 1.807) is 0 Å². The second-order valence-corrected chi connectivity index (χ2v) is 4.35. The van der Waals surface area contributed by atoms with Crippen molar-refractivity contribution in [3.63, 3.8) is 0 Å². The van der Waals surface area contributed by atoms with Gasteiger partial charge < -0.3 is 10.2 Å². The van der Waals surface area contributed by atoms with E-state index >= 15 is 0 Å². The minimum Gasteiger partial charge on any atom is -0.505 e. The topological polar surface area (TPSA) is 57.5 Å². The molecule has 0 aliphatic heterocycles. The van der Waals surface area contributed by atoms with Crippen LogP contribution >= 0.6 is 58.0 Å². The molecule has 0 atom stereocenters. The Morgan fingerprint density at radius 2 is 1.18 bits per heavy atom. The van der Waals surface area contributed by atoms with Crippen molar-refractivity contribution in [2.75, 3.05) is 0 Å². The fraction of sp³-hybridized carbons (Fsp3) is 0. The largest absolute Gasteiger partial charge is 0.505 e. The summed E-state index contributed by atoms with van der Waals surface area (Å²) in [5.74, 6) is -1.34. The molecule has 0 aromatic heterocycles. The van der Waals surface area contributed by atoms with Gasteiger partial charge in [0, 0.05) is 6.08 Å². The van der Waals surface area contributed by atoms with Gasteiger partial charge in [0.2, 0.25) is 0 Å². The van der Waals surface area contributed by atoms with E-state index in [1.807, 2.05) is 0 Å². The lowest BCUT2D eigenvalue weighted by molar-refractivity contribution is -0.131. The van der Waals surface area contributed by atoms with E-state index < -0.39 is 5.97 Å². The van der Waals surface area contributed by atoms with Crippen LogP contribution in [0.25, 0.3) is 0 Å². The lowest BCUT2D eigenvalue weighted by Crippen LogP contribution is -1.82. The molecular formula is C9H5Cl5O3. The van der Waals surface area contributed by atoms with Crippen molar-refractivity contribution in [3.8, 4) is 5.75 Å². The number of benzene rings is 1. The minimum atomic E-state index is -0.981. The molecule has 0 amide bonds. The summed E-state index contributed by atoms with van der Waals surface area (Å²) < 4.78 is 0. The Morgan fingerprint density at radius 3 is 1.41 bits per heavy atom. The first-order valence-electron chi connectivity index (χ1n) is 3.79. The normalized spacial score (nSPS) is 9.24. The third-order valence-corrected chi connectivity index (χ3v) is 3.62. The molecule has 0 saturated heterocycles. The van der Waals surface area contributed by atoms with Gasteiger partial charge in [0.05, 0.1) is 15.1 Å². The van der Waals surface area contributed by atoms with Gasteiger partial charge in [-0.1, -0.05) is 64.6 Å². The molecule has 94 valence electrons. The average Bonchev–Trinajstić information content (AvgIpc) is 2.32. The van der Waals surface area contributed by atoms with Crippen molar-refractivity contribution in [1.82, 2.24) is 0 Å². The van der Waals surface area contributed by atoms with E-state index in [9.17, 15) is 9.90 Å². The number of aliphatic carboxylic acids is 1.